The first-order chi connectivity index (χ1) is 9.90. The Balaban J connectivity index is 2.19. The van der Waals surface area contributed by atoms with Crippen molar-refractivity contribution in [3.63, 3.8) is 0 Å². The van der Waals surface area contributed by atoms with Crippen LogP contribution in [0.25, 0.3) is 0 Å². The van der Waals surface area contributed by atoms with Gasteiger partial charge in [-0.3, -0.25) is 4.79 Å². The third-order valence-corrected chi connectivity index (χ3v) is 3.93. The number of carbonyl (C=O) groups is 2. The van der Waals surface area contributed by atoms with Crippen molar-refractivity contribution in [3.8, 4) is 0 Å². The molecule has 4 nitrogen and oxygen atoms in total. The van der Waals surface area contributed by atoms with Crippen LogP contribution >= 0.6 is 0 Å². The topological polar surface area (TPSA) is 57.6 Å². The Morgan fingerprint density at radius 2 is 1.71 bits per heavy atom. The average molecular weight is 287 g/mol. The van der Waals surface area contributed by atoms with E-state index in [0.717, 1.165) is 18.4 Å². The molecule has 1 amide bonds. The van der Waals surface area contributed by atoms with E-state index in [1.807, 2.05) is 31.2 Å². The van der Waals surface area contributed by atoms with Gasteiger partial charge in [-0.15, -0.1) is 0 Å². The first-order valence-corrected chi connectivity index (χ1v) is 7.17. The van der Waals surface area contributed by atoms with Gasteiger partial charge in [-0.25, -0.2) is 4.79 Å². The highest BCUT2D eigenvalue weighted by atomic mass is 16.4. The van der Waals surface area contributed by atoms with Crippen LogP contribution in [0.4, 0.5) is 0 Å². The normalized spacial score (nSPS) is 15.4. The number of carbonyl (C=O) groups excluding carboxylic acids is 1. The number of aryl methyl sites for hydroxylation is 1. The number of benzene rings is 1. The van der Waals surface area contributed by atoms with Crippen molar-refractivity contribution in [1.82, 2.24) is 4.90 Å². The van der Waals surface area contributed by atoms with Crippen molar-refractivity contribution in [2.24, 2.45) is 0 Å². The average Bonchev–Trinajstić information content (AvgIpc) is 3.28. The van der Waals surface area contributed by atoms with E-state index in [2.05, 4.69) is 0 Å². The molecule has 1 aromatic carbocycles. The second-order valence-corrected chi connectivity index (χ2v) is 5.70. The van der Waals surface area contributed by atoms with Crippen molar-refractivity contribution in [2.45, 2.75) is 46.2 Å². The summed E-state index contributed by atoms with van der Waals surface area (Å²) in [6.45, 7) is 5.63. The molecule has 0 bridgehead atoms. The zero-order valence-electron chi connectivity index (χ0n) is 12.7. The number of aliphatic carboxylic acids is 1. The molecule has 2 rings (SSSR count). The Bertz CT molecular complexity index is 583. The molecule has 1 aromatic rings. The molecule has 0 atom stereocenters. The predicted molar refractivity (Wildman–Crippen MR) is 80.8 cm³/mol. The molecule has 0 radical (unpaired) electrons. The Labute approximate surface area is 125 Å². The maximum absolute atomic E-state index is 12.5. The Kier molecular flexibility index (Phi) is 4.46. The summed E-state index contributed by atoms with van der Waals surface area (Å²) < 4.78 is 0. The van der Waals surface area contributed by atoms with Crippen LogP contribution in [0.5, 0.6) is 0 Å². The largest absolute Gasteiger partial charge is 0.478 e. The fourth-order valence-corrected chi connectivity index (χ4v) is 2.18. The van der Waals surface area contributed by atoms with Crippen LogP contribution in [-0.4, -0.2) is 27.9 Å². The van der Waals surface area contributed by atoms with Crippen molar-refractivity contribution < 1.29 is 14.7 Å². The van der Waals surface area contributed by atoms with E-state index < -0.39 is 5.97 Å². The molecule has 0 spiro atoms. The molecule has 4 heteroatoms. The van der Waals surface area contributed by atoms with Crippen LogP contribution in [0.15, 0.2) is 35.4 Å². The Morgan fingerprint density at radius 3 is 2.19 bits per heavy atom. The molecular weight excluding hydrogens is 266 g/mol. The lowest BCUT2D eigenvalue weighted by Crippen LogP contribution is -2.34. The molecule has 112 valence electrons. The number of rotatable bonds is 5. The number of carboxylic acid groups (broad SMARTS) is 1. The minimum Gasteiger partial charge on any atom is -0.478 e. The zero-order chi connectivity index (χ0) is 15.6. The third-order valence-electron chi connectivity index (χ3n) is 3.93. The van der Waals surface area contributed by atoms with Gasteiger partial charge in [-0.05, 0) is 39.2 Å². The fraction of sp³-hybridized carbons (Fsp3) is 0.412. The van der Waals surface area contributed by atoms with Crippen molar-refractivity contribution >= 4 is 11.9 Å². The first kappa shape index (κ1) is 15.3. The monoisotopic (exact) mass is 287 g/mol. The molecule has 0 aromatic heterocycles. The van der Waals surface area contributed by atoms with Gasteiger partial charge in [0.25, 0.3) is 5.91 Å². The molecule has 1 N–H and O–H groups in total. The van der Waals surface area contributed by atoms with Crippen molar-refractivity contribution in [3.05, 3.63) is 46.5 Å². The van der Waals surface area contributed by atoms with E-state index in [1.165, 1.54) is 12.5 Å². The Hall–Kier alpha value is -2.10. The van der Waals surface area contributed by atoms with Crippen LogP contribution in [0, 0.1) is 6.92 Å². The molecule has 1 aliphatic rings. The van der Waals surface area contributed by atoms with Gasteiger partial charge in [0.2, 0.25) is 0 Å². The van der Waals surface area contributed by atoms with Crippen LogP contribution in [0.1, 0.15) is 37.8 Å². The van der Waals surface area contributed by atoms with Gasteiger partial charge in [0.05, 0.1) is 0 Å². The maximum Gasteiger partial charge on any atom is 0.331 e. The Morgan fingerprint density at radius 1 is 1.14 bits per heavy atom. The van der Waals surface area contributed by atoms with Gasteiger partial charge >= 0.3 is 5.97 Å². The van der Waals surface area contributed by atoms with Crippen LogP contribution in [-0.2, 0) is 16.1 Å². The summed E-state index contributed by atoms with van der Waals surface area (Å²) in [5.74, 6) is -1.20. The molecule has 0 heterocycles. The number of hydrogen-bond acceptors (Lipinski definition) is 2. The molecule has 1 saturated carbocycles. The quantitative estimate of drug-likeness (QED) is 0.847. The number of carboxylic acids is 1. The van der Waals surface area contributed by atoms with Crippen LogP contribution < -0.4 is 0 Å². The van der Waals surface area contributed by atoms with Crippen molar-refractivity contribution in [1.29, 1.82) is 0 Å². The molecule has 0 saturated heterocycles. The second-order valence-electron chi connectivity index (χ2n) is 5.70. The molecular formula is C17H21NO3. The van der Waals surface area contributed by atoms with E-state index in [-0.39, 0.29) is 17.5 Å². The minimum absolute atomic E-state index is 0.120. The summed E-state index contributed by atoms with van der Waals surface area (Å²) in [4.78, 5) is 25.4. The standard InChI is InChI=1S/C17H21NO3/c1-11-4-6-14(7-5-11)10-18(15-8-9-15)16(19)12(2)13(3)17(20)21/h4-7,15H,8-10H2,1-3H3,(H,20,21). The van der Waals surface area contributed by atoms with Gasteiger partial charge in [-0.1, -0.05) is 29.8 Å². The van der Waals surface area contributed by atoms with E-state index >= 15 is 0 Å². The molecule has 1 aliphatic carbocycles. The maximum atomic E-state index is 12.5. The van der Waals surface area contributed by atoms with E-state index in [4.69, 9.17) is 5.11 Å². The zero-order valence-corrected chi connectivity index (χ0v) is 12.7. The highest BCUT2D eigenvalue weighted by molar-refractivity contribution is 6.01. The van der Waals surface area contributed by atoms with Crippen LogP contribution in [0.3, 0.4) is 0 Å². The fourth-order valence-electron chi connectivity index (χ4n) is 2.18. The number of amides is 1. The predicted octanol–water partition coefficient (Wildman–Crippen LogP) is 2.91. The van der Waals surface area contributed by atoms with E-state index in [0.29, 0.717) is 12.1 Å². The third kappa shape index (κ3) is 3.72. The molecule has 0 unspecified atom stereocenters. The minimum atomic E-state index is -1.04. The van der Waals surface area contributed by atoms with Gasteiger partial charge in [0, 0.05) is 23.7 Å². The van der Waals surface area contributed by atoms with Crippen molar-refractivity contribution in [2.75, 3.05) is 0 Å². The summed E-state index contributed by atoms with van der Waals surface area (Å²) in [6, 6.07) is 8.32. The first-order valence-electron chi connectivity index (χ1n) is 7.17. The SMILES string of the molecule is CC(C(=O)O)=C(C)C(=O)N(Cc1ccc(C)cc1)C1CC1. The second kappa shape index (κ2) is 6.12. The van der Waals surface area contributed by atoms with Gasteiger partial charge in [-0.2, -0.15) is 0 Å². The number of nitrogens with zero attached hydrogens (tertiary/aromatic N) is 1. The van der Waals surface area contributed by atoms with Crippen LogP contribution in [0.2, 0.25) is 0 Å². The summed E-state index contributed by atoms with van der Waals surface area (Å²) in [5, 5.41) is 9.03. The summed E-state index contributed by atoms with van der Waals surface area (Å²) in [7, 11) is 0. The lowest BCUT2D eigenvalue weighted by molar-refractivity contribution is -0.134. The van der Waals surface area contributed by atoms with Gasteiger partial charge in [0.15, 0.2) is 0 Å². The van der Waals surface area contributed by atoms with E-state index in [9.17, 15) is 9.59 Å². The molecule has 21 heavy (non-hydrogen) atoms. The molecule has 0 aliphatic heterocycles. The highest BCUT2D eigenvalue weighted by Gasteiger charge is 2.33. The smallest absolute Gasteiger partial charge is 0.331 e. The summed E-state index contributed by atoms with van der Waals surface area (Å²) >= 11 is 0. The summed E-state index contributed by atoms with van der Waals surface area (Å²) in [6.07, 6.45) is 1.99. The van der Waals surface area contributed by atoms with E-state index in [1.54, 1.807) is 11.8 Å². The van der Waals surface area contributed by atoms with Gasteiger partial charge < -0.3 is 10.0 Å². The lowest BCUT2D eigenvalue weighted by atomic mass is 10.1. The summed E-state index contributed by atoms with van der Waals surface area (Å²) in [5.41, 5.74) is 2.69. The number of hydrogen-bond donors (Lipinski definition) is 1. The highest BCUT2D eigenvalue weighted by Crippen LogP contribution is 2.30. The lowest BCUT2D eigenvalue weighted by Gasteiger charge is -2.23. The van der Waals surface area contributed by atoms with Gasteiger partial charge in [0.1, 0.15) is 0 Å². The molecule has 1 fully saturated rings.